The van der Waals surface area contributed by atoms with Gasteiger partial charge >= 0.3 is 0 Å². The van der Waals surface area contributed by atoms with Gasteiger partial charge in [-0.25, -0.2) is 0 Å². The minimum atomic E-state index is -4.32. The van der Waals surface area contributed by atoms with E-state index in [0.29, 0.717) is 5.56 Å². The third kappa shape index (κ3) is 5.60. The number of carbonyl (C=O) groups is 1. The summed E-state index contributed by atoms with van der Waals surface area (Å²) in [6, 6.07) is 20.3. The lowest BCUT2D eigenvalue weighted by Crippen LogP contribution is -2.23. The zero-order chi connectivity index (χ0) is 32.1. The van der Waals surface area contributed by atoms with Gasteiger partial charge in [-0.15, -0.1) is 0 Å². The van der Waals surface area contributed by atoms with Crippen molar-refractivity contribution in [2.24, 2.45) is 10.7 Å². The molecule has 3 aliphatic rings. The summed E-state index contributed by atoms with van der Waals surface area (Å²) in [4.78, 5) is 16.6. The highest BCUT2D eigenvalue weighted by Crippen LogP contribution is 2.45. The number of rotatable bonds is 6. The van der Waals surface area contributed by atoms with Gasteiger partial charge in [-0.1, -0.05) is 70.2 Å². The van der Waals surface area contributed by atoms with Crippen molar-refractivity contribution < 1.29 is 17.8 Å². The molecule has 4 N–H and O–H groups in total. The Bertz CT molecular complexity index is 1990. The monoisotopic (exact) mass is 619 g/mol. The SMILES string of the molecule is CC1(C)C(/C=C/C2=C(c3ccc(C(N)=O)cc3)C(=C\C=C3/Nc4ccc(S(=O)(=O)O)cc4C3(C)C)/CCC2)=Nc2ccccc21. The third-order valence-electron chi connectivity index (χ3n) is 9.25. The van der Waals surface area contributed by atoms with Crippen LogP contribution in [0.15, 0.2) is 118 Å². The van der Waals surface area contributed by atoms with E-state index in [1.165, 1.54) is 23.3 Å². The van der Waals surface area contributed by atoms with Crippen molar-refractivity contribution in [2.45, 2.75) is 62.7 Å². The van der Waals surface area contributed by atoms with Crippen molar-refractivity contribution in [1.82, 2.24) is 0 Å². The molecule has 0 radical (unpaired) electrons. The predicted molar refractivity (Wildman–Crippen MR) is 181 cm³/mol. The van der Waals surface area contributed by atoms with Crippen LogP contribution in [0.1, 0.15) is 74.0 Å². The molecule has 0 spiro atoms. The number of nitrogens with two attached hydrogens (primary N) is 1. The molecule has 0 aromatic heterocycles. The summed E-state index contributed by atoms with van der Waals surface area (Å²) in [6.07, 6.45) is 11.3. The number of primary amides is 1. The fraction of sp³-hybridized carbons (Fsp3) is 0.243. The van der Waals surface area contributed by atoms with Gasteiger partial charge in [-0.2, -0.15) is 8.42 Å². The summed E-state index contributed by atoms with van der Waals surface area (Å²) in [6.45, 7) is 8.46. The maximum Gasteiger partial charge on any atom is 0.294 e. The first kappa shape index (κ1) is 30.5. The molecular weight excluding hydrogens is 582 g/mol. The molecule has 8 heteroatoms. The van der Waals surface area contributed by atoms with Gasteiger partial charge in [0.2, 0.25) is 5.91 Å². The van der Waals surface area contributed by atoms with E-state index in [9.17, 15) is 17.8 Å². The second-order valence-electron chi connectivity index (χ2n) is 12.9. The van der Waals surface area contributed by atoms with Gasteiger partial charge in [0.25, 0.3) is 10.1 Å². The van der Waals surface area contributed by atoms with Gasteiger partial charge < -0.3 is 11.1 Å². The summed E-state index contributed by atoms with van der Waals surface area (Å²) in [7, 11) is -4.32. The molecule has 0 saturated heterocycles. The van der Waals surface area contributed by atoms with Crippen LogP contribution in [-0.2, 0) is 20.9 Å². The molecule has 2 heterocycles. The Morgan fingerprint density at radius 3 is 2.33 bits per heavy atom. The number of amides is 1. The number of hydrogen-bond acceptors (Lipinski definition) is 5. The summed E-state index contributed by atoms with van der Waals surface area (Å²) < 4.78 is 33.2. The van der Waals surface area contributed by atoms with Crippen LogP contribution in [0.5, 0.6) is 0 Å². The summed E-state index contributed by atoms with van der Waals surface area (Å²) >= 11 is 0. The van der Waals surface area contributed by atoms with Crippen molar-refractivity contribution in [1.29, 1.82) is 0 Å². The summed E-state index contributed by atoms with van der Waals surface area (Å²) in [5, 5.41) is 3.45. The number of nitrogens with zero attached hydrogens (tertiary/aromatic N) is 1. The average molecular weight is 620 g/mol. The minimum Gasteiger partial charge on any atom is -0.366 e. The van der Waals surface area contributed by atoms with E-state index in [-0.39, 0.29) is 10.3 Å². The molecule has 0 atom stereocenters. The Kier molecular flexibility index (Phi) is 7.54. The maximum absolute atomic E-state index is 11.8. The molecule has 6 rings (SSSR count). The van der Waals surface area contributed by atoms with Crippen LogP contribution in [0.4, 0.5) is 11.4 Å². The van der Waals surface area contributed by atoms with Gasteiger partial charge in [0.05, 0.1) is 16.3 Å². The normalized spacial score (nSPS) is 20.3. The standard InChI is InChI=1S/C37H37N3O4S/c1-36(2)28-10-5-6-11-30(28)39-32(36)20-16-23-8-7-9-24(34(23)25-12-14-26(15-13-25)35(38)41)17-21-33-37(3,4)29-22-27(45(42,43)44)18-19-31(29)40-33/h5-6,10-22,40H,7-9H2,1-4H3,(H2,38,41)(H,42,43,44)/b20-16+,24-17-,33-21-. The van der Waals surface area contributed by atoms with Crippen LogP contribution < -0.4 is 11.1 Å². The van der Waals surface area contributed by atoms with E-state index >= 15 is 0 Å². The molecule has 1 amide bonds. The quantitative estimate of drug-likeness (QED) is 0.243. The van der Waals surface area contributed by atoms with Crippen LogP contribution in [0, 0.1) is 0 Å². The Labute approximate surface area is 264 Å². The molecule has 0 bridgehead atoms. The van der Waals surface area contributed by atoms with Crippen LogP contribution in [-0.4, -0.2) is 24.6 Å². The van der Waals surface area contributed by atoms with Crippen molar-refractivity contribution in [3.8, 4) is 0 Å². The predicted octanol–water partition coefficient (Wildman–Crippen LogP) is 7.80. The molecule has 0 fully saturated rings. The highest BCUT2D eigenvalue weighted by molar-refractivity contribution is 7.85. The fourth-order valence-electron chi connectivity index (χ4n) is 6.55. The Morgan fingerprint density at radius 1 is 0.911 bits per heavy atom. The van der Waals surface area contributed by atoms with E-state index in [1.807, 2.05) is 32.0 Å². The minimum absolute atomic E-state index is 0.123. The molecule has 45 heavy (non-hydrogen) atoms. The van der Waals surface area contributed by atoms with E-state index in [2.05, 4.69) is 61.7 Å². The number of benzene rings is 3. The number of hydrogen-bond donors (Lipinski definition) is 3. The first-order valence-corrected chi connectivity index (χ1v) is 16.5. The number of fused-ring (bicyclic) bond motifs is 2. The molecule has 7 nitrogen and oxygen atoms in total. The van der Waals surface area contributed by atoms with Gasteiger partial charge in [-0.05, 0) is 101 Å². The Balaban J connectivity index is 1.41. The number of anilines is 1. The van der Waals surface area contributed by atoms with Gasteiger partial charge in [0, 0.05) is 27.8 Å². The number of allylic oxidation sites excluding steroid dienone is 8. The number of nitrogens with one attached hydrogen (secondary N) is 1. The number of para-hydroxylation sites is 1. The summed E-state index contributed by atoms with van der Waals surface area (Å²) in [5.74, 6) is -0.466. The molecule has 0 saturated carbocycles. The van der Waals surface area contributed by atoms with Crippen LogP contribution in [0.3, 0.4) is 0 Å². The average Bonchev–Trinajstić information content (AvgIpc) is 3.41. The second-order valence-corrected chi connectivity index (χ2v) is 14.3. The zero-order valence-electron chi connectivity index (χ0n) is 25.9. The summed E-state index contributed by atoms with van der Waals surface area (Å²) in [5.41, 5.74) is 15.5. The van der Waals surface area contributed by atoms with Crippen molar-refractivity contribution in [2.75, 3.05) is 5.32 Å². The highest BCUT2D eigenvalue weighted by Gasteiger charge is 2.36. The highest BCUT2D eigenvalue weighted by atomic mass is 32.2. The molecule has 1 aliphatic carbocycles. The maximum atomic E-state index is 11.8. The Morgan fingerprint density at radius 2 is 1.64 bits per heavy atom. The van der Waals surface area contributed by atoms with Crippen molar-refractivity contribution in [3.63, 3.8) is 0 Å². The van der Waals surface area contributed by atoms with E-state index < -0.39 is 21.4 Å². The molecule has 3 aromatic rings. The smallest absolute Gasteiger partial charge is 0.294 e. The molecule has 2 aliphatic heterocycles. The number of carbonyl (C=O) groups excluding carboxylic acids is 1. The van der Waals surface area contributed by atoms with Crippen molar-refractivity contribution >= 4 is 38.7 Å². The first-order chi connectivity index (χ1) is 21.3. The zero-order valence-corrected chi connectivity index (χ0v) is 26.7. The van der Waals surface area contributed by atoms with Crippen molar-refractivity contribution in [3.05, 3.63) is 130 Å². The lowest BCUT2D eigenvalue weighted by atomic mass is 9.79. The molecular formula is C37H37N3O4S. The van der Waals surface area contributed by atoms with Crippen LogP contribution in [0.2, 0.25) is 0 Å². The van der Waals surface area contributed by atoms with Crippen LogP contribution >= 0.6 is 0 Å². The molecule has 0 unspecified atom stereocenters. The van der Waals surface area contributed by atoms with Gasteiger partial charge in [-0.3, -0.25) is 14.3 Å². The van der Waals surface area contributed by atoms with E-state index in [1.54, 1.807) is 18.2 Å². The topological polar surface area (TPSA) is 122 Å². The lowest BCUT2D eigenvalue weighted by Gasteiger charge is -2.24. The van der Waals surface area contributed by atoms with E-state index in [0.717, 1.165) is 64.3 Å². The van der Waals surface area contributed by atoms with Gasteiger partial charge in [0.1, 0.15) is 0 Å². The third-order valence-corrected chi connectivity index (χ3v) is 10.1. The van der Waals surface area contributed by atoms with Crippen LogP contribution in [0.25, 0.3) is 5.57 Å². The Hall–Kier alpha value is -4.53. The van der Waals surface area contributed by atoms with Gasteiger partial charge in [0.15, 0.2) is 0 Å². The van der Waals surface area contributed by atoms with E-state index in [4.69, 9.17) is 10.7 Å². The number of aliphatic imine (C=N–C) groups is 1. The molecule has 3 aromatic carbocycles. The molecule has 230 valence electrons. The lowest BCUT2D eigenvalue weighted by molar-refractivity contribution is 0.1000. The fourth-order valence-corrected chi connectivity index (χ4v) is 7.06. The largest absolute Gasteiger partial charge is 0.366 e. The first-order valence-electron chi connectivity index (χ1n) is 15.1. The second kappa shape index (κ2) is 11.1.